The Kier molecular flexibility index (Phi) is 4.84. The summed E-state index contributed by atoms with van der Waals surface area (Å²) in [6.45, 7) is 0. The number of hydrogen-bond donors (Lipinski definition) is 5. The van der Waals surface area contributed by atoms with Crippen LogP contribution in [-0.4, -0.2) is 37.2 Å². The molecule has 0 fully saturated rings. The summed E-state index contributed by atoms with van der Waals surface area (Å²) >= 11 is 0. The number of aliphatic hydroxyl groups is 1. The van der Waals surface area contributed by atoms with Crippen molar-refractivity contribution in [2.24, 2.45) is 0 Å². The van der Waals surface area contributed by atoms with Crippen molar-refractivity contribution in [1.29, 1.82) is 0 Å². The molecule has 5 N–H and O–H groups in total. The molecule has 9 nitrogen and oxygen atoms in total. The van der Waals surface area contributed by atoms with Crippen molar-refractivity contribution < 1.29 is 43.9 Å². The van der Waals surface area contributed by atoms with Gasteiger partial charge in [0.1, 0.15) is 5.76 Å². The normalized spacial score (nSPS) is 17.3. The number of allylic oxidation sites excluding steroid dienone is 4. The Hall–Kier alpha value is -3.00. The third-order valence-corrected chi connectivity index (χ3v) is 4.16. The Bertz CT molecular complexity index is 978. The van der Waals surface area contributed by atoms with E-state index in [9.17, 15) is 24.7 Å². The molecule has 2 bridgehead atoms. The summed E-state index contributed by atoms with van der Waals surface area (Å²) in [6.07, 6.45) is 2.76. The molecule has 1 aromatic rings. The fraction of sp³-hybridized carbons (Fsp3) is 0.118. The first-order chi connectivity index (χ1) is 12.6. The number of rotatable bonds is 4. The predicted octanol–water partition coefficient (Wildman–Crippen LogP) is 2.17. The number of aromatic hydroxyl groups is 2. The minimum absolute atomic E-state index is 0.0322. The molecule has 142 valence electrons. The van der Waals surface area contributed by atoms with Crippen molar-refractivity contribution in [3.8, 4) is 11.5 Å². The Morgan fingerprint density at radius 1 is 1.11 bits per heavy atom. The van der Waals surface area contributed by atoms with Crippen LogP contribution in [0.5, 0.6) is 11.5 Å². The van der Waals surface area contributed by atoms with Gasteiger partial charge in [-0.3, -0.25) is 9.36 Å². The van der Waals surface area contributed by atoms with Crippen molar-refractivity contribution in [2.45, 2.75) is 6.42 Å². The van der Waals surface area contributed by atoms with Crippen molar-refractivity contribution in [3.63, 3.8) is 0 Å². The maximum Gasteiger partial charge on any atom is 0.362 e. The third kappa shape index (κ3) is 4.22. The first-order valence-electron chi connectivity index (χ1n) is 7.61. The van der Waals surface area contributed by atoms with Crippen LogP contribution in [0.25, 0.3) is 5.76 Å². The van der Waals surface area contributed by atoms with Crippen LogP contribution in [0.15, 0.2) is 59.3 Å². The molecule has 1 aliphatic heterocycles. The molecule has 0 unspecified atom stereocenters. The van der Waals surface area contributed by atoms with E-state index in [1.807, 2.05) is 0 Å². The summed E-state index contributed by atoms with van der Waals surface area (Å²) < 4.78 is 22.0. The van der Waals surface area contributed by atoms with E-state index in [0.29, 0.717) is 0 Å². The topological polar surface area (TPSA) is 154 Å². The second kappa shape index (κ2) is 6.96. The van der Waals surface area contributed by atoms with E-state index in [0.717, 1.165) is 12.1 Å². The average molecular weight is 394 g/mol. The average Bonchev–Trinajstić information content (AvgIpc) is 2.83. The molecule has 1 aromatic carbocycles. The number of benzene rings is 1. The highest BCUT2D eigenvalue weighted by atomic mass is 31.2. The summed E-state index contributed by atoms with van der Waals surface area (Å²) in [6, 6.07) is 3.61. The van der Waals surface area contributed by atoms with Gasteiger partial charge in [0.25, 0.3) is 0 Å². The number of phenols is 2. The number of ether oxygens (including phenoxy) is 2. The number of aliphatic hydroxyl groups excluding tert-OH is 1. The van der Waals surface area contributed by atoms with Crippen LogP contribution >= 0.6 is 7.60 Å². The molecule has 0 spiro atoms. The van der Waals surface area contributed by atoms with Gasteiger partial charge in [0, 0.05) is 23.6 Å². The van der Waals surface area contributed by atoms with Gasteiger partial charge in [-0.1, -0.05) is 6.08 Å². The number of carbonyl (C=O) groups is 1. The minimum atomic E-state index is -4.58. The van der Waals surface area contributed by atoms with Gasteiger partial charge in [0.15, 0.2) is 35.1 Å². The molecule has 27 heavy (non-hydrogen) atoms. The number of ketones is 1. The zero-order chi connectivity index (χ0) is 19.8. The van der Waals surface area contributed by atoms with E-state index in [1.54, 1.807) is 0 Å². The summed E-state index contributed by atoms with van der Waals surface area (Å²) in [7, 11) is -4.58. The highest BCUT2D eigenvalue weighted by molar-refractivity contribution is 7.51. The minimum Gasteiger partial charge on any atom is -0.504 e. The standard InChI is InChI=1S/C17H15O9P/c18-11-3-1-9-5-12(7-11)26-16(10-2-4-13(19)14(20)6-10)17(15(9)21)25-8-27(22,23)24/h1-4,6-7,19-21H,5,8H2,(H2,22,23,24). The molecule has 3 rings (SSSR count). The van der Waals surface area contributed by atoms with E-state index in [2.05, 4.69) is 0 Å². The summed E-state index contributed by atoms with van der Waals surface area (Å²) in [5, 5.41) is 29.8. The van der Waals surface area contributed by atoms with Gasteiger partial charge in [-0.05, 0) is 24.3 Å². The Morgan fingerprint density at radius 3 is 2.52 bits per heavy atom. The van der Waals surface area contributed by atoms with Crippen LogP contribution in [0.4, 0.5) is 0 Å². The van der Waals surface area contributed by atoms with Gasteiger partial charge in [0.2, 0.25) is 5.76 Å². The first kappa shape index (κ1) is 18.8. The van der Waals surface area contributed by atoms with Crippen LogP contribution in [0.2, 0.25) is 0 Å². The zero-order valence-corrected chi connectivity index (χ0v) is 14.6. The lowest BCUT2D eigenvalue weighted by Gasteiger charge is -2.16. The molecule has 10 heteroatoms. The van der Waals surface area contributed by atoms with Gasteiger partial charge in [-0.15, -0.1) is 0 Å². The Balaban J connectivity index is 2.20. The van der Waals surface area contributed by atoms with Crippen molar-refractivity contribution in [1.82, 2.24) is 0 Å². The smallest absolute Gasteiger partial charge is 0.362 e. The van der Waals surface area contributed by atoms with E-state index in [4.69, 9.17) is 19.3 Å². The number of phenolic OH excluding ortho intramolecular Hbond substituents is 2. The number of fused-ring (bicyclic) bond motifs is 2. The molecule has 1 heterocycles. The second-order valence-electron chi connectivity index (χ2n) is 5.80. The molecular formula is C17H15O9P. The van der Waals surface area contributed by atoms with Crippen LogP contribution < -0.4 is 0 Å². The molecule has 0 atom stereocenters. The van der Waals surface area contributed by atoms with Crippen molar-refractivity contribution in [2.75, 3.05) is 6.35 Å². The number of carbonyl (C=O) groups excluding carboxylic acids is 1. The summed E-state index contributed by atoms with van der Waals surface area (Å²) in [4.78, 5) is 29.9. The fourth-order valence-corrected chi connectivity index (χ4v) is 2.78. The zero-order valence-electron chi connectivity index (χ0n) is 13.7. The lowest BCUT2D eigenvalue weighted by atomic mass is 10.1. The largest absolute Gasteiger partial charge is 0.504 e. The van der Waals surface area contributed by atoms with Crippen LogP contribution in [0.3, 0.4) is 0 Å². The lowest BCUT2D eigenvalue weighted by Crippen LogP contribution is -2.05. The SMILES string of the molecule is O=C1C=CC2=C(O)C(OCP(=O)(O)O)=C(c3ccc(O)c(O)c3)OC(=C1)C2. The van der Waals surface area contributed by atoms with E-state index in [-0.39, 0.29) is 40.6 Å². The summed E-state index contributed by atoms with van der Waals surface area (Å²) in [5.74, 6) is -2.13. The van der Waals surface area contributed by atoms with Gasteiger partial charge in [-0.25, -0.2) is 0 Å². The molecule has 1 aliphatic carbocycles. The van der Waals surface area contributed by atoms with E-state index < -0.39 is 31.2 Å². The Labute approximate surface area is 152 Å². The van der Waals surface area contributed by atoms with Crippen LogP contribution in [0.1, 0.15) is 12.0 Å². The predicted molar refractivity (Wildman–Crippen MR) is 92.3 cm³/mol. The molecule has 0 radical (unpaired) electrons. The van der Waals surface area contributed by atoms with Crippen LogP contribution in [-0.2, 0) is 18.8 Å². The second-order valence-corrected chi connectivity index (χ2v) is 7.39. The van der Waals surface area contributed by atoms with E-state index >= 15 is 0 Å². The highest BCUT2D eigenvalue weighted by Gasteiger charge is 2.29. The fourth-order valence-electron chi connectivity index (χ4n) is 2.48. The van der Waals surface area contributed by atoms with Gasteiger partial charge < -0.3 is 34.6 Å². The quantitative estimate of drug-likeness (QED) is 0.382. The molecule has 0 saturated heterocycles. The number of hydrogen-bond acceptors (Lipinski definition) is 7. The Morgan fingerprint density at radius 2 is 1.85 bits per heavy atom. The molecule has 0 aromatic heterocycles. The maximum absolute atomic E-state index is 11.8. The van der Waals surface area contributed by atoms with E-state index in [1.165, 1.54) is 24.3 Å². The maximum atomic E-state index is 11.8. The van der Waals surface area contributed by atoms with Gasteiger partial charge in [-0.2, -0.15) is 0 Å². The third-order valence-electron chi connectivity index (χ3n) is 3.69. The van der Waals surface area contributed by atoms with Crippen LogP contribution in [0, 0.1) is 0 Å². The summed E-state index contributed by atoms with van der Waals surface area (Å²) in [5.41, 5.74) is 0.382. The highest BCUT2D eigenvalue weighted by Crippen LogP contribution is 2.41. The van der Waals surface area contributed by atoms with Crippen molar-refractivity contribution in [3.05, 3.63) is 64.8 Å². The monoisotopic (exact) mass is 394 g/mol. The molecule has 0 saturated carbocycles. The molecule has 0 amide bonds. The first-order valence-corrected chi connectivity index (χ1v) is 9.41. The van der Waals surface area contributed by atoms with Gasteiger partial charge in [0.05, 0.1) is 0 Å². The van der Waals surface area contributed by atoms with Gasteiger partial charge >= 0.3 is 7.60 Å². The lowest BCUT2D eigenvalue weighted by molar-refractivity contribution is -0.110. The molecular weight excluding hydrogens is 379 g/mol. The molecule has 2 aliphatic rings. The van der Waals surface area contributed by atoms with Crippen molar-refractivity contribution >= 4 is 19.1 Å².